The lowest BCUT2D eigenvalue weighted by Crippen LogP contribution is -1.74. The van der Waals surface area contributed by atoms with Crippen LogP contribution in [-0.4, -0.2) is 11.7 Å². The van der Waals surface area contributed by atoms with Crippen molar-refractivity contribution in [1.82, 2.24) is 0 Å². The lowest BCUT2D eigenvalue weighted by Gasteiger charge is -1.93. The predicted octanol–water partition coefficient (Wildman–Crippen LogP) is 6.91. The molecule has 146 valence electrons. The Morgan fingerprint density at radius 3 is 0.630 bits per heavy atom. The Balaban J connectivity index is 0.000000350. The van der Waals surface area contributed by atoms with Gasteiger partial charge in [-0.25, -0.2) is 0 Å². The van der Waals surface area contributed by atoms with Crippen molar-refractivity contribution in [3.63, 3.8) is 0 Å². The standard InChI is InChI=1S/3C8H10.C2H6O/c3*1-7-5-3-4-6-8(7)2;1-2-3/h3*3-6H,1-2H3;3H,2H2,1H3. The van der Waals surface area contributed by atoms with Crippen LogP contribution in [0.2, 0.25) is 0 Å². The molecule has 0 atom stereocenters. The van der Waals surface area contributed by atoms with Crippen molar-refractivity contribution in [2.45, 2.75) is 48.5 Å². The first-order chi connectivity index (χ1) is 12.8. The van der Waals surface area contributed by atoms with Crippen molar-refractivity contribution in [2.24, 2.45) is 0 Å². The number of aryl methyl sites for hydroxylation is 6. The van der Waals surface area contributed by atoms with E-state index in [-0.39, 0.29) is 6.61 Å². The number of benzene rings is 3. The lowest BCUT2D eigenvalue weighted by atomic mass is 10.1. The third-order valence-corrected chi connectivity index (χ3v) is 4.28. The van der Waals surface area contributed by atoms with E-state index in [1.807, 2.05) is 0 Å². The highest BCUT2D eigenvalue weighted by molar-refractivity contribution is 5.24. The summed E-state index contributed by atoms with van der Waals surface area (Å²) in [6.07, 6.45) is 0. The van der Waals surface area contributed by atoms with Crippen molar-refractivity contribution >= 4 is 0 Å². The topological polar surface area (TPSA) is 20.2 Å². The van der Waals surface area contributed by atoms with Gasteiger partial charge in [0.05, 0.1) is 0 Å². The predicted molar refractivity (Wildman–Crippen MR) is 121 cm³/mol. The molecule has 0 aromatic heterocycles. The van der Waals surface area contributed by atoms with Gasteiger partial charge in [-0.15, -0.1) is 0 Å². The normalized spacial score (nSPS) is 8.89. The van der Waals surface area contributed by atoms with E-state index in [2.05, 4.69) is 114 Å². The van der Waals surface area contributed by atoms with Gasteiger partial charge in [0.25, 0.3) is 0 Å². The van der Waals surface area contributed by atoms with Gasteiger partial charge in [-0.05, 0) is 81.8 Å². The Morgan fingerprint density at radius 2 is 0.556 bits per heavy atom. The van der Waals surface area contributed by atoms with E-state index < -0.39 is 0 Å². The molecular weight excluding hydrogens is 328 g/mol. The molecule has 0 fully saturated rings. The number of aliphatic hydroxyl groups is 1. The largest absolute Gasteiger partial charge is 0.397 e. The van der Waals surface area contributed by atoms with E-state index in [0.717, 1.165) is 0 Å². The number of rotatable bonds is 0. The second-order valence-corrected chi connectivity index (χ2v) is 6.57. The first-order valence-corrected chi connectivity index (χ1v) is 9.51. The van der Waals surface area contributed by atoms with Crippen molar-refractivity contribution in [3.05, 3.63) is 106 Å². The monoisotopic (exact) mass is 364 g/mol. The van der Waals surface area contributed by atoms with Gasteiger partial charge in [-0.2, -0.15) is 0 Å². The highest BCUT2D eigenvalue weighted by atomic mass is 16.2. The maximum absolute atomic E-state index is 7.57. The number of hydrogen-bond acceptors (Lipinski definition) is 1. The second kappa shape index (κ2) is 14.8. The van der Waals surface area contributed by atoms with Gasteiger partial charge in [0, 0.05) is 6.61 Å². The van der Waals surface area contributed by atoms with Crippen LogP contribution >= 0.6 is 0 Å². The van der Waals surface area contributed by atoms with Crippen LogP contribution < -0.4 is 0 Å². The van der Waals surface area contributed by atoms with E-state index in [9.17, 15) is 0 Å². The van der Waals surface area contributed by atoms with Crippen LogP contribution in [-0.2, 0) is 0 Å². The molecule has 0 saturated carbocycles. The van der Waals surface area contributed by atoms with E-state index in [4.69, 9.17) is 5.11 Å². The minimum atomic E-state index is 0.250. The maximum Gasteiger partial charge on any atom is 0.0402 e. The third-order valence-electron chi connectivity index (χ3n) is 4.28. The summed E-state index contributed by atoms with van der Waals surface area (Å²) in [7, 11) is 0. The Kier molecular flexibility index (Phi) is 13.5. The molecule has 0 aliphatic rings. The quantitative estimate of drug-likeness (QED) is 0.459. The molecule has 1 nitrogen and oxygen atoms in total. The fourth-order valence-electron chi connectivity index (χ4n) is 1.99. The van der Waals surface area contributed by atoms with Crippen molar-refractivity contribution in [1.29, 1.82) is 0 Å². The molecule has 0 spiro atoms. The summed E-state index contributed by atoms with van der Waals surface area (Å²) in [5, 5.41) is 7.57. The molecule has 1 N–H and O–H groups in total. The maximum atomic E-state index is 7.57. The molecule has 0 bridgehead atoms. The Bertz CT molecular complexity index is 593. The SMILES string of the molecule is CCO.Cc1ccccc1C.Cc1ccccc1C.Cc1ccccc1C. The molecule has 3 aromatic rings. The van der Waals surface area contributed by atoms with Crippen LogP contribution in [0.5, 0.6) is 0 Å². The fraction of sp³-hybridized carbons (Fsp3) is 0.308. The zero-order valence-electron chi connectivity index (χ0n) is 18.1. The van der Waals surface area contributed by atoms with Crippen molar-refractivity contribution in [3.8, 4) is 0 Å². The van der Waals surface area contributed by atoms with Crippen LogP contribution in [0.25, 0.3) is 0 Å². The molecule has 0 aliphatic heterocycles. The summed E-state index contributed by atoms with van der Waals surface area (Å²) in [6, 6.07) is 25.1. The average Bonchev–Trinajstić information content (AvgIpc) is 2.64. The minimum Gasteiger partial charge on any atom is -0.397 e. The summed E-state index contributed by atoms with van der Waals surface area (Å²) in [5.74, 6) is 0. The molecule has 0 aliphatic carbocycles. The average molecular weight is 365 g/mol. The first-order valence-electron chi connectivity index (χ1n) is 9.51. The molecule has 3 aromatic carbocycles. The molecule has 0 amide bonds. The van der Waals surface area contributed by atoms with Crippen LogP contribution in [0, 0.1) is 41.5 Å². The van der Waals surface area contributed by atoms with Gasteiger partial charge in [-0.1, -0.05) is 72.8 Å². The molecule has 0 unspecified atom stereocenters. The van der Waals surface area contributed by atoms with E-state index in [1.165, 1.54) is 33.4 Å². The smallest absolute Gasteiger partial charge is 0.0402 e. The van der Waals surface area contributed by atoms with E-state index >= 15 is 0 Å². The molecule has 3 rings (SSSR count). The van der Waals surface area contributed by atoms with Crippen LogP contribution in [0.1, 0.15) is 40.3 Å². The van der Waals surface area contributed by atoms with Gasteiger partial charge < -0.3 is 5.11 Å². The van der Waals surface area contributed by atoms with E-state index in [0.29, 0.717) is 0 Å². The number of aliphatic hydroxyl groups excluding tert-OH is 1. The molecule has 0 saturated heterocycles. The fourth-order valence-corrected chi connectivity index (χ4v) is 1.99. The summed E-state index contributed by atoms with van der Waals surface area (Å²) in [5.41, 5.74) is 8.21. The Morgan fingerprint density at radius 1 is 0.444 bits per heavy atom. The zero-order valence-corrected chi connectivity index (χ0v) is 18.1. The highest BCUT2D eigenvalue weighted by Gasteiger charge is 1.85. The summed E-state index contributed by atoms with van der Waals surface area (Å²) in [6.45, 7) is 14.7. The highest BCUT2D eigenvalue weighted by Crippen LogP contribution is 2.04. The second-order valence-electron chi connectivity index (χ2n) is 6.57. The number of hydrogen-bond donors (Lipinski definition) is 1. The molecule has 0 radical (unpaired) electrons. The van der Waals surface area contributed by atoms with Crippen molar-refractivity contribution < 1.29 is 5.11 Å². The van der Waals surface area contributed by atoms with Crippen molar-refractivity contribution in [2.75, 3.05) is 6.61 Å². The summed E-state index contributed by atoms with van der Waals surface area (Å²) < 4.78 is 0. The molecule has 27 heavy (non-hydrogen) atoms. The minimum absolute atomic E-state index is 0.250. The first kappa shape index (κ1) is 24.6. The molecule has 1 heteroatoms. The zero-order chi connectivity index (χ0) is 20.7. The summed E-state index contributed by atoms with van der Waals surface area (Å²) in [4.78, 5) is 0. The van der Waals surface area contributed by atoms with Crippen LogP contribution in [0.15, 0.2) is 72.8 Å². The summed E-state index contributed by atoms with van der Waals surface area (Å²) >= 11 is 0. The lowest BCUT2D eigenvalue weighted by molar-refractivity contribution is 0.318. The van der Waals surface area contributed by atoms with Gasteiger partial charge in [0.1, 0.15) is 0 Å². The van der Waals surface area contributed by atoms with Crippen LogP contribution in [0.3, 0.4) is 0 Å². The van der Waals surface area contributed by atoms with Gasteiger partial charge >= 0.3 is 0 Å². The van der Waals surface area contributed by atoms with Crippen LogP contribution in [0.4, 0.5) is 0 Å². The van der Waals surface area contributed by atoms with Gasteiger partial charge in [0.15, 0.2) is 0 Å². The van der Waals surface area contributed by atoms with E-state index in [1.54, 1.807) is 6.92 Å². The Labute approximate surface area is 166 Å². The van der Waals surface area contributed by atoms with Gasteiger partial charge in [-0.3, -0.25) is 0 Å². The molecular formula is C26H36O. The third kappa shape index (κ3) is 11.8. The Hall–Kier alpha value is -2.38. The molecule has 0 heterocycles. The van der Waals surface area contributed by atoms with Gasteiger partial charge in [0.2, 0.25) is 0 Å².